The Balaban J connectivity index is 3.14. The number of hydrogen-bond donors (Lipinski definition) is 2. The zero-order valence-corrected chi connectivity index (χ0v) is 15.5. The third kappa shape index (κ3) is 19.1. The minimum atomic E-state index is 0.146. The van der Waals surface area contributed by atoms with Gasteiger partial charge in [-0.3, -0.25) is 4.79 Å². The van der Waals surface area contributed by atoms with Crippen molar-refractivity contribution in [1.29, 1.82) is 0 Å². The predicted molar refractivity (Wildman–Crippen MR) is 102 cm³/mol. The standard InChI is InChI=1S/C20H40N2O/c1-2-3-4-5-6-7-8-9-10-11-12-13-14-15-16-17-20(23)22-19-18-21/h9-10H,2-8,11-19,21H2,1H3,(H,22,23). The largest absolute Gasteiger partial charge is 0.355 e. The van der Waals surface area contributed by atoms with E-state index in [1.54, 1.807) is 0 Å². The molecule has 0 saturated carbocycles. The number of allylic oxidation sites excluding steroid dienone is 2. The van der Waals surface area contributed by atoms with Gasteiger partial charge in [0.2, 0.25) is 5.91 Å². The van der Waals surface area contributed by atoms with Crippen molar-refractivity contribution >= 4 is 5.91 Å². The second-order valence-electron chi connectivity index (χ2n) is 6.47. The molecule has 0 atom stereocenters. The van der Waals surface area contributed by atoms with Crippen molar-refractivity contribution < 1.29 is 4.79 Å². The number of nitrogens with one attached hydrogen (secondary N) is 1. The van der Waals surface area contributed by atoms with Crippen molar-refractivity contribution in [2.75, 3.05) is 13.1 Å². The lowest BCUT2D eigenvalue weighted by atomic mass is 10.1. The first kappa shape index (κ1) is 22.2. The fraction of sp³-hybridized carbons (Fsp3) is 0.850. The monoisotopic (exact) mass is 324 g/mol. The van der Waals surface area contributed by atoms with Crippen LogP contribution < -0.4 is 11.1 Å². The van der Waals surface area contributed by atoms with E-state index in [1.165, 1.54) is 70.6 Å². The average molecular weight is 325 g/mol. The van der Waals surface area contributed by atoms with Gasteiger partial charge in [-0.2, -0.15) is 0 Å². The predicted octanol–water partition coefficient (Wildman–Crippen LogP) is 5.10. The summed E-state index contributed by atoms with van der Waals surface area (Å²) >= 11 is 0. The van der Waals surface area contributed by atoms with Crippen LogP contribution in [0.1, 0.15) is 96.8 Å². The van der Waals surface area contributed by atoms with Gasteiger partial charge >= 0.3 is 0 Å². The van der Waals surface area contributed by atoms with Crippen LogP contribution >= 0.6 is 0 Å². The second-order valence-corrected chi connectivity index (χ2v) is 6.47. The summed E-state index contributed by atoms with van der Waals surface area (Å²) < 4.78 is 0. The van der Waals surface area contributed by atoms with E-state index in [4.69, 9.17) is 5.73 Å². The molecule has 0 saturated heterocycles. The van der Waals surface area contributed by atoms with Crippen molar-refractivity contribution in [1.82, 2.24) is 5.32 Å². The van der Waals surface area contributed by atoms with E-state index in [0.717, 1.165) is 12.8 Å². The highest BCUT2D eigenvalue weighted by Gasteiger charge is 1.99. The summed E-state index contributed by atoms with van der Waals surface area (Å²) in [6.07, 6.45) is 22.1. The first-order valence-corrected chi connectivity index (χ1v) is 9.93. The van der Waals surface area contributed by atoms with Crippen LogP contribution in [-0.4, -0.2) is 19.0 Å². The molecule has 0 unspecified atom stereocenters. The minimum absolute atomic E-state index is 0.146. The highest BCUT2D eigenvalue weighted by Crippen LogP contribution is 2.09. The van der Waals surface area contributed by atoms with Crippen molar-refractivity contribution in [2.45, 2.75) is 96.8 Å². The van der Waals surface area contributed by atoms with Crippen LogP contribution in [0.2, 0.25) is 0 Å². The molecule has 0 aromatic heterocycles. The molecule has 0 aromatic rings. The first-order valence-electron chi connectivity index (χ1n) is 9.93. The molecular formula is C20H40N2O. The molecular weight excluding hydrogens is 284 g/mol. The van der Waals surface area contributed by atoms with Gasteiger partial charge in [-0.1, -0.05) is 70.4 Å². The van der Waals surface area contributed by atoms with E-state index < -0.39 is 0 Å². The van der Waals surface area contributed by atoms with Gasteiger partial charge in [0.1, 0.15) is 0 Å². The molecule has 3 heteroatoms. The Hall–Kier alpha value is -0.830. The van der Waals surface area contributed by atoms with Gasteiger partial charge in [0.05, 0.1) is 0 Å². The first-order chi connectivity index (χ1) is 11.3. The maximum absolute atomic E-state index is 11.4. The lowest BCUT2D eigenvalue weighted by molar-refractivity contribution is -0.121. The van der Waals surface area contributed by atoms with E-state index in [0.29, 0.717) is 19.5 Å². The number of rotatable bonds is 17. The molecule has 0 heterocycles. The maximum atomic E-state index is 11.4. The molecule has 0 radical (unpaired) electrons. The number of hydrogen-bond acceptors (Lipinski definition) is 2. The number of nitrogens with two attached hydrogens (primary N) is 1. The molecule has 1 amide bonds. The van der Waals surface area contributed by atoms with E-state index in [2.05, 4.69) is 24.4 Å². The normalized spacial score (nSPS) is 11.2. The zero-order chi connectivity index (χ0) is 17.0. The van der Waals surface area contributed by atoms with Crippen molar-refractivity contribution in [2.24, 2.45) is 5.73 Å². The van der Waals surface area contributed by atoms with Crippen LogP contribution in [0, 0.1) is 0 Å². The van der Waals surface area contributed by atoms with Gasteiger partial charge in [0.25, 0.3) is 0 Å². The minimum Gasteiger partial charge on any atom is -0.355 e. The maximum Gasteiger partial charge on any atom is 0.220 e. The molecule has 0 aliphatic rings. The molecule has 0 bridgehead atoms. The summed E-state index contributed by atoms with van der Waals surface area (Å²) in [5.74, 6) is 0.146. The topological polar surface area (TPSA) is 55.1 Å². The van der Waals surface area contributed by atoms with E-state index in [-0.39, 0.29) is 5.91 Å². The zero-order valence-electron chi connectivity index (χ0n) is 15.5. The lowest BCUT2D eigenvalue weighted by Gasteiger charge is -2.03. The molecule has 0 spiro atoms. The number of carbonyl (C=O) groups is 1. The van der Waals surface area contributed by atoms with E-state index >= 15 is 0 Å². The third-order valence-corrected chi connectivity index (χ3v) is 4.13. The van der Waals surface area contributed by atoms with E-state index in [1.807, 2.05) is 0 Å². The Bertz CT molecular complexity index is 277. The Morgan fingerprint density at radius 3 is 1.91 bits per heavy atom. The van der Waals surface area contributed by atoms with Crippen molar-refractivity contribution in [3.63, 3.8) is 0 Å². The van der Waals surface area contributed by atoms with Crippen LogP contribution in [0.15, 0.2) is 12.2 Å². The number of unbranched alkanes of at least 4 members (excludes halogenated alkanes) is 11. The molecule has 0 aliphatic carbocycles. The smallest absolute Gasteiger partial charge is 0.220 e. The summed E-state index contributed by atoms with van der Waals surface area (Å²) in [6, 6.07) is 0. The summed E-state index contributed by atoms with van der Waals surface area (Å²) in [5.41, 5.74) is 5.34. The number of carbonyl (C=O) groups excluding carboxylic acids is 1. The molecule has 0 aromatic carbocycles. The Morgan fingerprint density at radius 2 is 1.35 bits per heavy atom. The molecule has 3 N–H and O–H groups in total. The van der Waals surface area contributed by atoms with Gasteiger partial charge in [-0.25, -0.2) is 0 Å². The van der Waals surface area contributed by atoms with Gasteiger partial charge in [0, 0.05) is 19.5 Å². The average Bonchev–Trinajstić information content (AvgIpc) is 2.56. The summed E-state index contributed by atoms with van der Waals surface area (Å²) in [4.78, 5) is 11.4. The lowest BCUT2D eigenvalue weighted by Crippen LogP contribution is -2.28. The van der Waals surface area contributed by atoms with Crippen LogP contribution in [0.4, 0.5) is 0 Å². The summed E-state index contributed by atoms with van der Waals surface area (Å²) in [6.45, 7) is 3.39. The van der Waals surface area contributed by atoms with Crippen molar-refractivity contribution in [3.8, 4) is 0 Å². The van der Waals surface area contributed by atoms with Crippen LogP contribution in [0.5, 0.6) is 0 Å². The van der Waals surface area contributed by atoms with Gasteiger partial charge in [0.15, 0.2) is 0 Å². The highest BCUT2D eigenvalue weighted by molar-refractivity contribution is 5.75. The van der Waals surface area contributed by atoms with Crippen molar-refractivity contribution in [3.05, 3.63) is 12.2 Å². The fourth-order valence-corrected chi connectivity index (χ4v) is 2.66. The fourth-order valence-electron chi connectivity index (χ4n) is 2.66. The summed E-state index contributed by atoms with van der Waals surface area (Å²) in [5, 5.41) is 2.81. The molecule has 0 aliphatic heterocycles. The molecule has 0 fully saturated rings. The molecule has 3 nitrogen and oxygen atoms in total. The van der Waals surface area contributed by atoms with E-state index in [9.17, 15) is 4.79 Å². The summed E-state index contributed by atoms with van der Waals surface area (Å²) in [7, 11) is 0. The SMILES string of the molecule is CCCCCCCCC=CCCCCCCCC(=O)NCCN. The second kappa shape index (κ2) is 19.2. The quantitative estimate of drug-likeness (QED) is 0.289. The Kier molecular flexibility index (Phi) is 18.5. The third-order valence-electron chi connectivity index (χ3n) is 4.13. The molecule has 136 valence electrons. The highest BCUT2D eigenvalue weighted by atomic mass is 16.1. The van der Waals surface area contributed by atoms with Crippen LogP contribution in [0.25, 0.3) is 0 Å². The Labute approximate surface area is 144 Å². The van der Waals surface area contributed by atoms with Crippen LogP contribution in [0.3, 0.4) is 0 Å². The number of amides is 1. The van der Waals surface area contributed by atoms with Gasteiger partial charge in [-0.05, 0) is 32.1 Å². The van der Waals surface area contributed by atoms with Crippen LogP contribution in [-0.2, 0) is 4.79 Å². The van der Waals surface area contributed by atoms with Gasteiger partial charge in [-0.15, -0.1) is 0 Å². The molecule has 23 heavy (non-hydrogen) atoms. The Morgan fingerprint density at radius 1 is 0.826 bits per heavy atom. The van der Waals surface area contributed by atoms with Gasteiger partial charge < -0.3 is 11.1 Å². The molecule has 0 rings (SSSR count).